The highest BCUT2D eigenvalue weighted by molar-refractivity contribution is 7.11. The van der Waals surface area contributed by atoms with Crippen molar-refractivity contribution in [3.63, 3.8) is 0 Å². The molecule has 1 aromatic carbocycles. The van der Waals surface area contributed by atoms with Crippen LogP contribution in [0.5, 0.6) is 0 Å². The van der Waals surface area contributed by atoms with Gasteiger partial charge in [0.1, 0.15) is 5.01 Å². The minimum absolute atomic E-state index is 0.187. The molecule has 0 aliphatic heterocycles. The Labute approximate surface area is 138 Å². The monoisotopic (exact) mass is 330 g/mol. The number of carbonyl (C=O) groups excluding carboxylic acids is 1. The molecule has 2 aromatic rings. The van der Waals surface area contributed by atoms with E-state index in [0.29, 0.717) is 17.7 Å². The molecule has 0 atom stereocenters. The Bertz CT molecular complexity index is 744. The van der Waals surface area contributed by atoms with Gasteiger partial charge in [0, 0.05) is 10.4 Å². The van der Waals surface area contributed by atoms with E-state index in [0.717, 1.165) is 17.8 Å². The lowest BCUT2D eigenvalue weighted by atomic mass is 10.0. The maximum absolute atomic E-state index is 12.3. The predicted octanol–water partition coefficient (Wildman–Crippen LogP) is 2.96. The van der Waals surface area contributed by atoms with Crippen molar-refractivity contribution < 1.29 is 14.7 Å². The normalized spacial score (nSPS) is 13.4. The number of carbonyl (C=O) groups is 2. The fourth-order valence-corrected chi connectivity index (χ4v) is 3.88. The van der Waals surface area contributed by atoms with E-state index in [4.69, 9.17) is 5.11 Å². The summed E-state index contributed by atoms with van der Waals surface area (Å²) in [6.45, 7) is 2.15. The fourth-order valence-electron chi connectivity index (χ4n) is 2.78. The number of hydrogen-bond donors (Lipinski definition) is 2. The topological polar surface area (TPSA) is 79.3 Å². The smallest absolute Gasteiger partial charge is 0.335 e. The molecule has 0 radical (unpaired) electrons. The van der Waals surface area contributed by atoms with Crippen LogP contribution in [0.25, 0.3) is 0 Å². The van der Waals surface area contributed by atoms with E-state index in [-0.39, 0.29) is 11.5 Å². The number of aromatic carboxylic acids is 1. The lowest BCUT2D eigenvalue weighted by Gasteiger charge is -2.07. The van der Waals surface area contributed by atoms with Crippen molar-refractivity contribution in [1.29, 1.82) is 0 Å². The average Bonchev–Trinajstić information content (AvgIpc) is 2.95. The SMILES string of the molecule is Cc1cc(C(=O)O)ccc1C(=O)NCc1nc2c(s1)CCCC2. The number of nitrogens with zero attached hydrogens (tertiary/aromatic N) is 1. The zero-order valence-corrected chi connectivity index (χ0v) is 13.7. The van der Waals surface area contributed by atoms with Gasteiger partial charge in [-0.3, -0.25) is 4.79 Å². The molecular weight excluding hydrogens is 312 g/mol. The van der Waals surface area contributed by atoms with E-state index in [1.165, 1.54) is 35.5 Å². The zero-order chi connectivity index (χ0) is 16.4. The molecule has 3 rings (SSSR count). The maximum atomic E-state index is 12.3. The van der Waals surface area contributed by atoms with Gasteiger partial charge >= 0.3 is 5.97 Å². The number of carboxylic acid groups (broad SMARTS) is 1. The minimum Gasteiger partial charge on any atom is -0.478 e. The molecule has 0 bridgehead atoms. The number of aromatic nitrogens is 1. The molecule has 6 heteroatoms. The van der Waals surface area contributed by atoms with Crippen molar-refractivity contribution in [2.24, 2.45) is 0 Å². The Morgan fingerprint density at radius 1 is 1.30 bits per heavy atom. The lowest BCUT2D eigenvalue weighted by molar-refractivity contribution is 0.0696. The number of thiazole rings is 1. The molecule has 1 aromatic heterocycles. The summed E-state index contributed by atoms with van der Waals surface area (Å²) in [7, 11) is 0. The summed E-state index contributed by atoms with van der Waals surface area (Å²) >= 11 is 1.68. The van der Waals surface area contributed by atoms with E-state index in [9.17, 15) is 9.59 Å². The zero-order valence-electron chi connectivity index (χ0n) is 12.9. The quantitative estimate of drug-likeness (QED) is 0.903. The summed E-state index contributed by atoms with van der Waals surface area (Å²) in [5, 5.41) is 12.8. The lowest BCUT2D eigenvalue weighted by Crippen LogP contribution is -2.23. The standard InChI is InChI=1S/C17H18N2O3S/c1-10-8-11(17(21)22)6-7-12(10)16(20)18-9-15-19-13-4-2-3-5-14(13)23-15/h6-8H,2-5,9H2,1H3,(H,18,20)(H,21,22). The van der Waals surface area contributed by atoms with E-state index in [2.05, 4.69) is 10.3 Å². The Morgan fingerprint density at radius 2 is 2.09 bits per heavy atom. The molecule has 1 heterocycles. The first-order valence-electron chi connectivity index (χ1n) is 7.64. The Morgan fingerprint density at radius 3 is 2.78 bits per heavy atom. The number of rotatable bonds is 4. The number of benzene rings is 1. The second-order valence-electron chi connectivity index (χ2n) is 5.70. The van der Waals surface area contributed by atoms with Crippen LogP contribution in [0.3, 0.4) is 0 Å². The number of hydrogen-bond acceptors (Lipinski definition) is 4. The molecule has 1 aliphatic rings. The van der Waals surface area contributed by atoms with Gasteiger partial charge in [0.25, 0.3) is 5.91 Å². The van der Waals surface area contributed by atoms with Crippen molar-refractivity contribution in [2.75, 3.05) is 0 Å². The summed E-state index contributed by atoms with van der Waals surface area (Å²) in [5.41, 5.74) is 2.52. The summed E-state index contributed by atoms with van der Waals surface area (Å²) in [6, 6.07) is 4.52. The third-order valence-corrected chi connectivity index (χ3v) is 5.17. The van der Waals surface area contributed by atoms with Gasteiger partial charge < -0.3 is 10.4 Å². The van der Waals surface area contributed by atoms with Crippen LogP contribution in [-0.2, 0) is 19.4 Å². The first-order valence-corrected chi connectivity index (χ1v) is 8.46. The van der Waals surface area contributed by atoms with Gasteiger partial charge in [-0.15, -0.1) is 11.3 Å². The Balaban J connectivity index is 1.67. The van der Waals surface area contributed by atoms with E-state index in [1.54, 1.807) is 24.3 Å². The summed E-state index contributed by atoms with van der Waals surface area (Å²) < 4.78 is 0. The summed E-state index contributed by atoms with van der Waals surface area (Å²) in [4.78, 5) is 29.2. The predicted molar refractivity (Wildman–Crippen MR) is 88.1 cm³/mol. The molecule has 1 amide bonds. The van der Waals surface area contributed by atoms with Crippen LogP contribution in [-0.4, -0.2) is 22.0 Å². The number of aryl methyl sites for hydroxylation is 3. The molecule has 5 nitrogen and oxygen atoms in total. The number of nitrogens with one attached hydrogen (secondary N) is 1. The summed E-state index contributed by atoms with van der Waals surface area (Å²) in [5.74, 6) is -1.19. The third-order valence-electron chi connectivity index (χ3n) is 4.01. The van der Waals surface area contributed by atoms with Crippen LogP contribution in [0.4, 0.5) is 0 Å². The molecule has 2 N–H and O–H groups in total. The van der Waals surface area contributed by atoms with Gasteiger partial charge in [-0.1, -0.05) is 0 Å². The van der Waals surface area contributed by atoms with Crippen molar-refractivity contribution in [2.45, 2.75) is 39.2 Å². The molecule has 0 saturated carbocycles. The van der Waals surface area contributed by atoms with Gasteiger partial charge in [0.2, 0.25) is 0 Å². The second kappa shape index (κ2) is 6.50. The first kappa shape index (κ1) is 15.7. The third kappa shape index (κ3) is 3.42. The van der Waals surface area contributed by atoms with Gasteiger partial charge in [-0.25, -0.2) is 9.78 Å². The number of fused-ring (bicyclic) bond motifs is 1. The molecule has 0 spiro atoms. The summed E-state index contributed by atoms with van der Waals surface area (Å²) in [6.07, 6.45) is 4.54. The second-order valence-corrected chi connectivity index (χ2v) is 6.87. The minimum atomic E-state index is -0.992. The average molecular weight is 330 g/mol. The molecule has 0 saturated heterocycles. The highest BCUT2D eigenvalue weighted by atomic mass is 32.1. The molecule has 1 aliphatic carbocycles. The van der Waals surface area contributed by atoms with E-state index in [1.807, 2.05) is 0 Å². The molecule has 23 heavy (non-hydrogen) atoms. The van der Waals surface area contributed by atoms with Crippen molar-refractivity contribution >= 4 is 23.2 Å². The van der Waals surface area contributed by atoms with Crippen LogP contribution in [0, 0.1) is 6.92 Å². The van der Waals surface area contributed by atoms with E-state index < -0.39 is 5.97 Å². The van der Waals surface area contributed by atoms with Crippen LogP contribution in [0.2, 0.25) is 0 Å². The van der Waals surface area contributed by atoms with E-state index >= 15 is 0 Å². The fraction of sp³-hybridized carbons (Fsp3) is 0.353. The highest BCUT2D eigenvalue weighted by Gasteiger charge is 2.16. The van der Waals surface area contributed by atoms with Gasteiger partial charge in [0.05, 0.1) is 17.8 Å². The first-order chi connectivity index (χ1) is 11.0. The van der Waals surface area contributed by atoms with Gasteiger partial charge in [0.15, 0.2) is 0 Å². The Kier molecular flexibility index (Phi) is 4.43. The van der Waals surface area contributed by atoms with Crippen LogP contribution >= 0.6 is 11.3 Å². The molecule has 0 fully saturated rings. The molecule has 0 unspecified atom stereocenters. The van der Waals surface area contributed by atoms with Crippen molar-refractivity contribution in [3.8, 4) is 0 Å². The molecular formula is C17H18N2O3S. The maximum Gasteiger partial charge on any atom is 0.335 e. The molecule has 120 valence electrons. The number of carboxylic acids is 1. The van der Waals surface area contributed by atoms with Crippen LogP contribution in [0.1, 0.15) is 54.7 Å². The largest absolute Gasteiger partial charge is 0.478 e. The van der Waals surface area contributed by atoms with Crippen molar-refractivity contribution in [1.82, 2.24) is 10.3 Å². The van der Waals surface area contributed by atoms with Crippen LogP contribution in [0.15, 0.2) is 18.2 Å². The van der Waals surface area contributed by atoms with Gasteiger partial charge in [-0.05, 0) is 56.4 Å². The Hall–Kier alpha value is -2.21. The van der Waals surface area contributed by atoms with Crippen molar-refractivity contribution in [3.05, 3.63) is 50.5 Å². The van der Waals surface area contributed by atoms with Crippen LogP contribution < -0.4 is 5.32 Å². The number of amides is 1. The van der Waals surface area contributed by atoms with Gasteiger partial charge in [-0.2, -0.15) is 0 Å². The highest BCUT2D eigenvalue weighted by Crippen LogP contribution is 2.26.